The van der Waals surface area contributed by atoms with Crippen LogP contribution in [0.2, 0.25) is 0 Å². The summed E-state index contributed by atoms with van der Waals surface area (Å²) in [5.74, 6) is -0.270. The monoisotopic (exact) mass is 531 g/mol. The van der Waals surface area contributed by atoms with Gasteiger partial charge in [0.2, 0.25) is 5.95 Å². The summed E-state index contributed by atoms with van der Waals surface area (Å²) in [4.78, 5) is 49.7. The third-order valence-corrected chi connectivity index (χ3v) is 8.21. The van der Waals surface area contributed by atoms with Crippen molar-refractivity contribution >= 4 is 40.4 Å². The molecular weight excluding hydrogens is 515 g/mol. The summed E-state index contributed by atoms with van der Waals surface area (Å²) in [5.41, 5.74) is 5.68. The van der Waals surface area contributed by atoms with Gasteiger partial charge in [-0.1, -0.05) is 0 Å². The van der Waals surface area contributed by atoms with Gasteiger partial charge in [-0.05, 0) is 0 Å². The molecule has 7 atom stereocenters. The molecule has 0 bridgehead atoms. The number of anilines is 1. The van der Waals surface area contributed by atoms with Gasteiger partial charge in [-0.15, -0.1) is 6.42 Å². The SMILES string of the molecule is C#CP(=O)(O)OP(=O)(O)OP(=O)(O)OC[C@H]1O[C@@H](n2cnc3c(=O)[nH]c(N)nc32)[C@@H](O)C1O. The number of aliphatic hydroxyl groups is 2. The molecule has 8 N–H and O–H groups in total. The first-order valence-corrected chi connectivity index (χ1v) is 13.0. The lowest BCUT2D eigenvalue weighted by atomic mass is 10.1. The zero-order valence-electron chi connectivity index (χ0n) is 15.9. The molecule has 0 saturated carbocycles. The minimum atomic E-state index is -5.64. The number of rotatable bonds is 8. The Bertz CT molecular complexity index is 1300. The smallest absolute Gasteiger partial charge is 0.387 e. The summed E-state index contributed by atoms with van der Waals surface area (Å²) in [5, 5.41) is 20.5. The van der Waals surface area contributed by atoms with Gasteiger partial charge in [0.25, 0.3) is 5.56 Å². The number of H-pyrrole nitrogens is 1. The number of fused-ring (bicyclic) bond motifs is 1. The lowest BCUT2D eigenvalue weighted by Gasteiger charge is -2.19. The fourth-order valence-corrected chi connectivity index (χ4v) is 5.99. The van der Waals surface area contributed by atoms with Gasteiger partial charge >= 0.3 is 23.2 Å². The number of terminal acetylenes is 1. The van der Waals surface area contributed by atoms with Crippen LogP contribution in [0.25, 0.3) is 11.2 Å². The van der Waals surface area contributed by atoms with Crippen molar-refractivity contribution in [2.75, 3.05) is 12.3 Å². The van der Waals surface area contributed by atoms with Crippen LogP contribution in [0, 0.1) is 12.1 Å². The first-order chi connectivity index (χ1) is 15.1. The summed E-state index contributed by atoms with van der Waals surface area (Å²) in [6.45, 7) is -0.989. The van der Waals surface area contributed by atoms with Crippen molar-refractivity contribution in [3.05, 3.63) is 16.7 Å². The summed E-state index contributed by atoms with van der Waals surface area (Å²) >= 11 is 0. The number of nitrogens with one attached hydrogen (secondary N) is 1. The zero-order valence-corrected chi connectivity index (χ0v) is 18.6. The zero-order chi connectivity index (χ0) is 24.8. The Morgan fingerprint density at radius 3 is 2.52 bits per heavy atom. The highest BCUT2D eigenvalue weighted by Crippen LogP contribution is 2.67. The normalized spacial score (nSPS) is 28.6. The number of phosphoric ester groups is 1. The molecule has 3 rings (SSSR count). The van der Waals surface area contributed by atoms with Crippen LogP contribution in [0.4, 0.5) is 5.95 Å². The van der Waals surface area contributed by atoms with E-state index in [-0.39, 0.29) is 17.1 Å². The van der Waals surface area contributed by atoms with Gasteiger partial charge in [0.15, 0.2) is 17.4 Å². The standard InChI is InChI=1S/C12H16N5O13P3/c1-2-31(21,22)29-33(25,26)30-32(23,24)27-3-5-7(18)8(19)11(28-5)17-4-14-6-9(17)15-12(13)16-10(6)20/h1,4-5,7-8,11,18-19H,3H2,(H,21,22)(H,23,24)(H,25,26)(H3,13,15,16,20)/t5-,7?,8+,11-/m1/s1. The molecule has 2 aromatic rings. The van der Waals surface area contributed by atoms with Gasteiger partial charge in [-0.3, -0.25) is 18.9 Å². The van der Waals surface area contributed by atoms with Crippen molar-refractivity contribution in [3.63, 3.8) is 0 Å². The molecule has 33 heavy (non-hydrogen) atoms. The number of hydrogen-bond acceptors (Lipinski definition) is 13. The Morgan fingerprint density at radius 1 is 1.21 bits per heavy atom. The quantitative estimate of drug-likeness (QED) is 0.148. The molecule has 1 aliphatic rings. The molecule has 0 amide bonds. The van der Waals surface area contributed by atoms with E-state index in [9.17, 15) is 38.5 Å². The number of hydrogen-bond donors (Lipinski definition) is 7. The molecule has 0 aromatic carbocycles. The van der Waals surface area contributed by atoms with Crippen molar-refractivity contribution < 1.29 is 56.5 Å². The molecule has 182 valence electrons. The number of phosphoric acid groups is 2. The maximum absolute atomic E-state index is 11.9. The van der Waals surface area contributed by atoms with E-state index in [1.54, 1.807) is 0 Å². The van der Waals surface area contributed by atoms with Crippen LogP contribution >= 0.6 is 23.2 Å². The van der Waals surface area contributed by atoms with E-state index in [2.05, 4.69) is 34.5 Å². The molecule has 18 nitrogen and oxygen atoms in total. The van der Waals surface area contributed by atoms with E-state index < -0.39 is 59.9 Å². The molecule has 1 aliphatic heterocycles. The van der Waals surface area contributed by atoms with Crippen molar-refractivity contribution in [1.82, 2.24) is 19.5 Å². The number of aliphatic hydroxyl groups excluding tert-OH is 2. The maximum atomic E-state index is 11.9. The molecule has 1 fully saturated rings. The molecule has 21 heteroatoms. The Hall–Kier alpha value is -1.96. The Morgan fingerprint density at radius 2 is 1.88 bits per heavy atom. The van der Waals surface area contributed by atoms with Crippen LogP contribution in [0.3, 0.4) is 0 Å². The molecule has 0 aliphatic carbocycles. The molecule has 1 saturated heterocycles. The number of nitrogen functional groups attached to an aromatic ring is 1. The topological polar surface area (TPSA) is 279 Å². The van der Waals surface area contributed by atoms with Crippen molar-refractivity contribution in [2.24, 2.45) is 0 Å². The summed E-state index contributed by atoms with van der Waals surface area (Å²) < 4.78 is 53.1. The van der Waals surface area contributed by atoms with E-state index in [0.29, 0.717) is 0 Å². The third-order valence-electron chi connectivity index (χ3n) is 4.05. The summed E-state index contributed by atoms with van der Waals surface area (Å²) in [6, 6.07) is 0. The number of ether oxygens (including phenoxy) is 1. The van der Waals surface area contributed by atoms with Gasteiger partial charge in [-0.2, -0.15) is 13.6 Å². The average Bonchev–Trinajstić information content (AvgIpc) is 3.20. The molecule has 2 aromatic heterocycles. The first kappa shape index (κ1) is 25.7. The predicted octanol–water partition coefficient (Wildman–Crippen LogP) is -1.65. The summed E-state index contributed by atoms with van der Waals surface area (Å²) in [7, 11) is -16.1. The third kappa shape index (κ3) is 5.76. The van der Waals surface area contributed by atoms with E-state index in [0.717, 1.165) is 16.6 Å². The van der Waals surface area contributed by atoms with Crippen LogP contribution in [0.1, 0.15) is 6.23 Å². The Kier molecular flexibility index (Phi) is 7.00. The van der Waals surface area contributed by atoms with Crippen molar-refractivity contribution in [3.8, 4) is 12.1 Å². The average molecular weight is 531 g/mol. The molecule has 4 unspecified atom stereocenters. The fourth-order valence-electron chi connectivity index (χ4n) is 2.73. The molecule has 0 spiro atoms. The van der Waals surface area contributed by atoms with Gasteiger partial charge in [0.1, 0.15) is 18.3 Å². The highest BCUT2D eigenvalue weighted by atomic mass is 31.3. The minimum Gasteiger partial charge on any atom is -0.387 e. The number of nitrogens with two attached hydrogens (primary N) is 1. The van der Waals surface area contributed by atoms with Crippen LogP contribution in [-0.4, -0.2) is 69.3 Å². The van der Waals surface area contributed by atoms with E-state index in [1.807, 2.05) is 0 Å². The van der Waals surface area contributed by atoms with Gasteiger partial charge in [-0.25, -0.2) is 18.7 Å². The van der Waals surface area contributed by atoms with Gasteiger partial charge in [0, 0.05) is 5.66 Å². The minimum absolute atomic E-state index is 0.106. The van der Waals surface area contributed by atoms with Crippen molar-refractivity contribution in [1.29, 1.82) is 0 Å². The fraction of sp³-hybridized carbons (Fsp3) is 0.417. The predicted molar refractivity (Wildman–Crippen MR) is 105 cm³/mol. The lowest BCUT2D eigenvalue weighted by molar-refractivity contribution is -0.0503. The molecule has 3 heterocycles. The number of imidazole rings is 1. The van der Waals surface area contributed by atoms with Crippen LogP contribution in [0.15, 0.2) is 11.1 Å². The Labute approximate surface area is 182 Å². The van der Waals surface area contributed by atoms with Gasteiger partial charge < -0.3 is 35.4 Å². The van der Waals surface area contributed by atoms with Crippen molar-refractivity contribution in [2.45, 2.75) is 24.5 Å². The highest BCUT2D eigenvalue weighted by molar-refractivity contribution is 7.70. The van der Waals surface area contributed by atoms with E-state index in [1.165, 1.54) is 0 Å². The molecular formula is C12H16N5O13P3. The second-order valence-corrected chi connectivity index (χ2v) is 11.1. The lowest BCUT2D eigenvalue weighted by Crippen LogP contribution is -2.33. The number of aromatic nitrogens is 4. The second-order valence-electron chi connectivity index (χ2n) is 6.37. The molecule has 0 radical (unpaired) electrons. The van der Waals surface area contributed by atoms with E-state index in [4.69, 9.17) is 15.4 Å². The number of aromatic amines is 1. The first-order valence-electron chi connectivity index (χ1n) is 8.42. The highest BCUT2D eigenvalue weighted by Gasteiger charge is 2.47. The largest absolute Gasteiger partial charge is 0.489 e. The number of nitrogens with zero attached hydrogens (tertiary/aromatic N) is 3. The van der Waals surface area contributed by atoms with Gasteiger partial charge in [0.05, 0.1) is 12.9 Å². The second kappa shape index (κ2) is 9.01. The van der Waals surface area contributed by atoms with Crippen LogP contribution < -0.4 is 11.3 Å². The Balaban J connectivity index is 1.72. The maximum Gasteiger partial charge on any atom is 0.489 e. The van der Waals surface area contributed by atoms with Crippen LogP contribution in [0.5, 0.6) is 0 Å². The summed E-state index contributed by atoms with van der Waals surface area (Å²) in [6.07, 6.45) is -0.664. The van der Waals surface area contributed by atoms with E-state index >= 15 is 0 Å². The van der Waals surface area contributed by atoms with Crippen LogP contribution in [-0.2, 0) is 31.6 Å².